The average molecular weight is 236 g/mol. The molecule has 0 saturated heterocycles. The van der Waals surface area contributed by atoms with Gasteiger partial charge in [0, 0.05) is 25.0 Å². The van der Waals surface area contributed by atoms with Crippen molar-refractivity contribution in [3.05, 3.63) is 23.5 Å². The standard InChI is InChI=1S/C13H20N2O2/c1-5-10(6-2)15(4)12-7-9(3)14-8-11(12)13(16)17/h7-8,10H,5-6H2,1-4H3,(H,16,17). The Labute approximate surface area is 102 Å². The van der Waals surface area contributed by atoms with Crippen molar-refractivity contribution >= 4 is 11.7 Å². The van der Waals surface area contributed by atoms with Crippen LogP contribution in [-0.2, 0) is 0 Å². The van der Waals surface area contributed by atoms with Crippen molar-refractivity contribution in [3.63, 3.8) is 0 Å². The summed E-state index contributed by atoms with van der Waals surface area (Å²) < 4.78 is 0. The minimum atomic E-state index is -0.926. The number of nitrogens with zero attached hydrogens (tertiary/aromatic N) is 2. The first-order valence-corrected chi connectivity index (χ1v) is 5.94. The first-order valence-electron chi connectivity index (χ1n) is 5.94. The molecule has 0 amide bonds. The third-order valence-electron chi connectivity index (χ3n) is 3.12. The van der Waals surface area contributed by atoms with Gasteiger partial charge in [-0.3, -0.25) is 4.98 Å². The van der Waals surface area contributed by atoms with Gasteiger partial charge in [0.1, 0.15) is 5.56 Å². The van der Waals surface area contributed by atoms with E-state index >= 15 is 0 Å². The van der Waals surface area contributed by atoms with Gasteiger partial charge in [-0.25, -0.2) is 4.79 Å². The number of hydrogen-bond donors (Lipinski definition) is 1. The first-order chi connectivity index (χ1) is 8.01. The molecule has 0 spiro atoms. The second kappa shape index (κ2) is 5.66. The highest BCUT2D eigenvalue weighted by Crippen LogP contribution is 2.23. The molecule has 1 aromatic rings. The van der Waals surface area contributed by atoms with Crippen molar-refractivity contribution in [2.24, 2.45) is 0 Å². The van der Waals surface area contributed by atoms with Crippen LogP contribution in [0.3, 0.4) is 0 Å². The molecule has 0 aliphatic heterocycles. The third-order valence-corrected chi connectivity index (χ3v) is 3.12. The first kappa shape index (κ1) is 13.5. The second-order valence-corrected chi connectivity index (χ2v) is 4.23. The van der Waals surface area contributed by atoms with Gasteiger partial charge >= 0.3 is 5.97 Å². The van der Waals surface area contributed by atoms with E-state index in [9.17, 15) is 4.79 Å². The normalized spacial score (nSPS) is 10.6. The molecular weight excluding hydrogens is 216 g/mol. The summed E-state index contributed by atoms with van der Waals surface area (Å²) in [5.74, 6) is -0.926. The molecular formula is C13H20N2O2. The van der Waals surface area contributed by atoms with E-state index in [2.05, 4.69) is 18.8 Å². The Balaban J connectivity index is 3.18. The number of aryl methyl sites for hydroxylation is 1. The van der Waals surface area contributed by atoms with Crippen molar-refractivity contribution in [3.8, 4) is 0 Å². The summed E-state index contributed by atoms with van der Waals surface area (Å²) >= 11 is 0. The van der Waals surface area contributed by atoms with Gasteiger partial charge in [0.05, 0.1) is 5.69 Å². The topological polar surface area (TPSA) is 53.4 Å². The Hall–Kier alpha value is -1.58. The van der Waals surface area contributed by atoms with Crippen LogP contribution in [0.15, 0.2) is 12.3 Å². The van der Waals surface area contributed by atoms with Crippen LogP contribution < -0.4 is 4.90 Å². The number of aromatic carboxylic acids is 1. The summed E-state index contributed by atoms with van der Waals surface area (Å²) in [6.07, 6.45) is 3.42. The molecule has 1 aromatic heterocycles. The summed E-state index contributed by atoms with van der Waals surface area (Å²) in [7, 11) is 1.94. The highest BCUT2D eigenvalue weighted by molar-refractivity contribution is 5.94. The molecule has 94 valence electrons. The number of carboxylic acids is 1. The maximum absolute atomic E-state index is 11.2. The van der Waals surface area contributed by atoms with Crippen molar-refractivity contribution < 1.29 is 9.90 Å². The summed E-state index contributed by atoms with van der Waals surface area (Å²) in [5, 5.41) is 9.17. The van der Waals surface area contributed by atoms with Crippen LogP contribution in [-0.4, -0.2) is 29.1 Å². The molecule has 1 heterocycles. The molecule has 0 fully saturated rings. The van der Waals surface area contributed by atoms with Gasteiger partial charge in [-0.15, -0.1) is 0 Å². The molecule has 0 saturated carbocycles. The lowest BCUT2D eigenvalue weighted by atomic mass is 10.1. The number of aromatic nitrogens is 1. The zero-order valence-electron chi connectivity index (χ0n) is 10.9. The molecule has 4 nitrogen and oxygen atoms in total. The van der Waals surface area contributed by atoms with Gasteiger partial charge in [-0.1, -0.05) is 13.8 Å². The summed E-state index contributed by atoms with van der Waals surface area (Å²) in [5.41, 5.74) is 1.85. The zero-order valence-corrected chi connectivity index (χ0v) is 10.9. The molecule has 0 bridgehead atoms. The van der Waals surface area contributed by atoms with Gasteiger partial charge in [-0.05, 0) is 25.8 Å². The van der Waals surface area contributed by atoms with Gasteiger partial charge in [0.2, 0.25) is 0 Å². The fourth-order valence-electron chi connectivity index (χ4n) is 2.04. The van der Waals surface area contributed by atoms with E-state index in [4.69, 9.17) is 5.11 Å². The van der Waals surface area contributed by atoms with E-state index in [1.165, 1.54) is 6.20 Å². The minimum Gasteiger partial charge on any atom is -0.478 e. The Morgan fingerprint density at radius 1 is 1.47 bits per heavy atom. The molecule has 0 radical (unpaired) electrons. The third kappa shape index (κ3) is 2.96. The number of pyridine rings is 1. The van der Waals surface area contributed by atoms with E-state index in [0.717, 1.165) is 24.2 Å². The van der Waals surface area contributed by atoms with Crippen LogP contribution in [0.5, 0.6) is 0 Å². The summed E-state index contributed by atoms with van der Waals surface area (Å²) in [6.45, 7) is 6.09. The fraction of sp³-hybridized carbons (Fsp3) is 0.538. The van der Waals surface area contributed by atoms with Crippen LogP contribution in [0, 0.1) is 6.92 Å². The minimum absolute atomic E-state index is 0.269. The van der Waals surface area contributed by atoms with Crippen molar-refractivity contribution in [1.29, 1.82) is 0 Å². The molecule has 0 aliphatic rings. The predicted molar refractivity (Wildman–Crippen MR) is 68.7 cm³/mol. The highest BCUT2D eigenvalue weighted by atomic mass is 16.4. The number of carboxylic acid groups (broad SMARTS) is 1. The molecule has 0 unspecified atom stereocenters. The van der Waals surface area contributed by atoms with Crippen molar-refractivity contribution in [2.45, 2.75) is 39.7 Å². The van der Waals surface area contributed by atoms with Gasteiger partial charge in [0.15, 0.2) is 0 Å². The smallest absolute Gasteiger partial charge is 0.339 e. The highest BCUT2D eigenvalue weighted by Gasteiger charge is 2.18. The Bertz CT molecular complexity index is 400. The van der Waals surface area contributed by atoms with E-state index in [-0.39, 0.29) is 5.56 Å². The maximum atomic E-state index is 11.2. The van der Waals surface area contributed by atoms with Crippen LogP contribution in [0.1, 0.15) is 42.7 Å². The predicted octanol–water partition coefficient (Wildman–Crippen LogP) is 2.71. The molecule has 4 heteroatoms. The summed E-state index contributed by atoms with van der Waals surface area (Å²) in [6, 6.07) is 2.19. The monoisotopic (exact) mass is 236 g/mol. The summed E-state index contributed by atoms with van der Waals surface area (Å²) in [4.78, 5) is 17.3. The maximum Gasteiger partial charge on any atom is 0.339 e. The molecule has 17 heavy (non-hydrogen) atoms. The number of rotatable bonds is 5. The van der Waals surface area contributed by atoms with Gasteiger partial charge in [-0.2, -0.15) is 0 Å². The number of carbonyl (C=O) groups is 1. The van der Waals surface area contributed by atoms with Gasteiger partial charge in [0.25, 0.3) is 0 Å². The molecule has 0 aromatic carbocycles. The second-order valence-electron chi connectivity index (χ2n) is 4.23. The van der Waals surface area contributed by atoms with Crippen LogP contribution in [0.4, 0.5) is 5.69 Å². The van der Waals surface area contributed by atoms with Crippen molar-refractivity contribution in [2.75, 3.05) is 11.9 Å². The average Bonchev–Trinajstić information content (AvgIpc) is 2.29. The molecule has 0 atom stereocenters. The lowest BCUT2D eigenvalue weighted by Crippen LogP contribution is -2.31. The Morgan fingerprint density at radius 3 is 2.53 bits per heavy atom. The van der Waals surface area contributed by atoms with Gasteiger partial charge < -0.3 is 10.0 Å². The fourth-order valence-corrected chi connectivity index (χ4v) is 2.04. The van der Waals surface area contributed by atoms with Crippen LogP contribution >= 0.6 is 0 Å². The Kier molecular flexibility index (Phi) is 4.49. The van der Waals surface area contributed by atoms with E-state index < -0.39 is 5.97 Å². The zero-order chi connectivity index (χ0) is 13.0. The SMILES string of the molecule is CCC(CC)N(C)c1cc(C)ncc1C(=O)O. The molecule has 0 aliphatic carbocycles. The molecule has 1 N–H and O–H groups in total. The Morgan fingerprint density at radius 2 is 2.06 bits per heavy atom. The lowest BCUT2D eigenvalue weighted by molar-refractivity contribution is 0.0697. The number of anilines is 1. The van der Waals surface area contributed by atoms with Crippen LogP contribution in [0.25, 0.3) is 0 Å². The van der Waals surface area contributed by atoms with E-state index in [1.54, 1.807) is 0 Å². The van der Waals surface area contributed by atoms with Crippen LogP contribution in [0.2, 0.25) is 0 Å². The van der Waals surface area contributed by atoms with E-state index in [0.29, 0.717) is 6.04 Å². The van der Waals surface area contributed by atoms with Crippen molar-refractivity contribution in [1.82, 2.24) is 4.98 Å². The van der Waals surface area contributed by atoms with E-state index in [1.807, 2.05) is 24.9 Å². The lowest BCUT2D eigenvalue weighted by Gasteiger charge is -2.29. The largest absolute Gasteiger partial charge is 0.478 e. The molecule has 1 rings (SSSR count). The quantitative estimate of drug-likeness (QED) is 0.854. The number of hydrogen-bond acceptors (Lipinski definition) is 3.